The first-order valence-corrected chi connectivity index (χ1v) is 6.21. The second-order valence-corrected chi connectivity index (χ2v) is 4.68. The summed E-state index contributed by atoms with van der Waals surface area (Å²) in [7, 11) is 0. The minimum atomic E-state index is -4.36. The topological polar surface area (TPSA) is 89.9 Å². The summed E-state index contributed by atoms with van der Waals surface area (Å²) >= 11 is 0. The minimum Gasteiger partial charge on any atom is -0.480 e. The van der Waals surface area contributed by atoms with Crippen LogP contribution in [-0.4, -0.2) is 59.0 Å². The molecule has 2 amide bonds. The lowest BCUT2D eigenvalue weighted by Crippen LogP contribution is -2.52. The number of amides is 2. The molecule has 0 spiro atoms. The highest BCUT2D eigenvalue weighted by atomic mass is 19.4. The zero-order valence-corrected chi connectivity index (χ0v) is 10.7. The number of piperidine rings is 1. The molecule has 0 aromatic heterocycles. The third-order valence-electron chi connectivity index (χ3n) is 3.19. The summed E-state index contributed by atoms with van der Waals surface area (Å²) in [5.74, 6) is -2.92. The Morgan fingerprint density at radius 1 is 1.40 bits per heavy atom. The molecule has 1 rings (SSSR count). The van der Waals surface area contributed by atoms with Crippen molar-refractivity contribution in [3.05, 3.63) is 0 Å². The molecule has 1 fully saturated rings. The predicted octanol–water partition coefficient (Wildman–Crippen LogP) is 0.806. The first-order chi connectivity index (χ1) is 9.25. The summed E-state index contributed by atoms with van der Waals surface area (Å²) in [6, 6.07) is -2.15. The molecule has 0 radical (unpaired) electrons. The lowest BCUT2D eigenvalue weighted by atomic mass is 9.98. The van der Waals surface area contributed by atoms with Crippen molar-refractivity contribution in [1.82, 2.24) is 10.2 Å². The number of carboxylic acid groups (broad SMARTS) is 1. The summed E-state index contributed by atoms with van der Waals surface area (Å²) in [5.41, 5.74) is 0. The van der Waals surface area contributed by atoms with E-state index >= 15 is 0 Å². The Morgan fingerprint density at radius 3 is 2.55 bits per heavy atom. The maximum absolute atomic E-state index is 12.6. The fourth-order valence-electron chi connectivity index (χ4n) is 2.06. The van der Waals surface area contributed by atoms with Crippen molar-refractivity contribution in [2.24, 2.45) is 5.92 Å². The molecular formula is C11H17F3N2O4. The fourth-order valence-corrected chi connectivity index (χ4v) is 2.06. The normalized spacial score (nSPS) is 21.4. The predicted molar refractivity (Wildman–Crippen MR) is 62.0 cm³/mol. The van der Waals surface area contributed by atoms with Gasteiger partial charge in [0.25, 0.3) is 0 Å². The van der Waals surface area contributed by atoms with Crippen LogP contribution in [0.3, 0.4) is 0 Å². The van der Waals surface area contributed by atoms with Crippen molar-refractivity contribution >= 4 is 12.0 Å². The van der Waals surface area contributed by atoms with Gasteiger partial charge in [0.1, 0.15) is 6.04 Å². The molecule has 3 N–H and O–H groups in total. The number of likely N-dealkylation sites (tertiary alicyclic amines) is 1. The SMILES string of the molecule is O=C(O)[C@H](CCO)NC(=O)N1CCCC(C(F)(F)F)C1. The van der Waals surface area contributed by atoms with Gasteiger partial charge in [-0.3, -0.25) is 0 Å². The van der Waals surface area contributed by atoms with Crippen LogP contribution in [0.15, 0.2) is 0 Å². The van der Waals surface area contributed by atoms with E-state index in [2.05, 4.69) is 5.32 Å². The van der Waals surface area contributed by atoms with Crippen molar-refractivity contribution in [1.29, 1.82) is 0 Å². The Morgan fingerprint density at radius 2 is 2.05 bits per heavy atom. The van der Waals surface area contributed by atoms with Gasteiger partial charge in [0.15, 0.2) is 0 Å². The Bertz CT molecular complexity index is 362. The van der Waals surface area contributed by atoms with Gasteiger partial charge in [-0.25, -0.2) is 9.59 Å². The van der Waals surface area contributed by atoms with Crippen LogP contribution in [0.2, 0.25) is 0 Å². The average Bonchev–Trinajstić information content (AvgIpc) is 2.37. The molecule has 0 saturated carbocycles. The van der Waals surface area contributed by atoms with Gasteiger partial charge in [-0.1, -0.05) is 0 Å². The number of rotatable bonds is 4. The molecule has 116 valence electrons. The fraction of sp³-hybridized carbons (Fsp3) is 0.818. The standard InChI is InChI=1S/C11H17F3N2O4/c12-11(13,14)7-2-1-4-16(6-7)10(20)15-8(3-5-17)9(18)19/h7-8,17H,1-6H2,(H,15,20)(H,18,19)/t7?,8-/m0/s1. The number of aliphatic hydroxyl groups excluding tert-OH is 1. The van der Waals surface area contributed by atoms with Crippen LogP contribution in [0.25, 0.3) is 0 Å². The van der Waals surface area contributed by atoms with Crippen molar-refractivity contribution in [2.45, 2.75) is 31.5 Å². The maximum Gasteiger partial charge on any atom is 0.393 e. The number of aliphatic carboxylic acids is 1. The first kappa shape index (κ1) is 16.5. The molecule has 1 heterocycles. The van der Waals surface area contributed by atoms with E-state index in [4.69, 9.17) is 10.2 Å². The number of aliphatic hydroxyl groups is 1. The zero-order valence-electron chi connectivity index (χ0n) is 10.7. The third-order valence-corrected chi connectivity index (χ3v) is 3.19. The summed E-state index contributed by atoms with van der Waals surface area (Å²) in [6.45, 7) is -0.757. The number of nitrogens with one attached hydrogen (secondary N) is 1. The average molecular weight is 298 g/mol. The number of carboxylic acids is 1. The van der Waals surface area contributed by atoms with Gasteiger partial charge >= 0.3 is 18.2 Å². The van der Waals surface area contributed by atoms with Gasteiger partial charge < -0.3 is 20.4 Å². The highest BCUT2D eigenvalue weighted by molar-refractivity contribution is 5.82. The van der Waals surface area contributed by atoms with Crippen LogP contribution < -0.4 is 5.32 Å². The molecule has 2 atom stereocenters. The Balaban J connectivity index is 2.60. The van der Waals surface area contributed by atoms with E-state index in [-0.39, 0.29) is 25.8 Å². The second-order valence-electron chi connectivity index (χ2n) is 4.68. The number of alkyl halides is 3. The first-order valence-electron chi connectivity index (χ1n) is 6.21. The van der Waals surface area contributed by atoms with E-state index in [1.807, 2.05) is 0 Å². The Hall–Kier alpha value is -1.51. The number of urea groups is 1. The Labute approximate surface area is 113 Å². The van der Waals surface area contributed by atoms with Gasteiger partial charge in [-0.05, 0) is 12.8 Å². The van der Waals surface area contributed by atoms with Gasteiger partial charge in [0.2, 0.25) is 0 Å². The molecule has 1 saturated heterocycles. The van der Waals surface area contributed by atoms with Crippen LogP contribution in [0.5, 0.6) is 0 Å². The molecule has 0 aromatic rings. The number of carbonyl (C=O) groups excluding carboxylic acids is 1. The monoisotopic (exact) mass is 298 g/mol. The van der Waals surface area contributed by atoms with Crippen LogP contribution in [0.1, 0.15) is 19.3 Å². The van der Waals surface area contributed by atoms with Gasteiger partial charge in [0, 0.05) is 26.1 Å². The van der Waals surface area contributed by atoms with E-state index in [0.29, 0.717) is 0 Å². The van der Waals surface area contributed by atoms with Crippen molar-refractivity contribution in [3.8, 4) is 0 Å². The molecule has 9 heteroatoms. The lowest BCUT2D eigenvalue weighted by molar-refractivity contribution is -0.184. The second kappa shape index (κ2) is 6.78. The lowest BCUT2D eigenvalue weighted by Gasteiger charge is -2.34. The number of nitrogens with zero attached hydrogens (tertiary/aromatic N) is 1. The van der Waals surface area contributed by atoms with Crippen LogP contribution in [0, 0.1) is 5.92 Å². The van der Waals surface area contributed by atoms with Crippen molar-refractivity contribution in [3.63, 3.8) is 0 Å². The van der Waals surface area contributed by atoms with E-state index in [1.165, 1.54) is 0 Å². The number of hydrogen-bond acceptors (Lipinski definition) is 3. The van der Waals surface area contributed by atoms with E-state index in [9.17, 15) is 22.8 Å². The number of carbonyl (C=O) groups is 2. The molecule has 6 nitrogen and oxygen atoms in total. The maximum atomic E-state index is 12.6. The summed E-state index contributed by atoms with van der Waals surface area (Å²) < 4.78 is 37.8. The van der Waals surface area contributed by atoms with Crippen LogP contribution in [-0.2, 0) is 4.79 Å². The minimum absolute atomic E-state index is 0.0354. The van der Waals surface area contributed by atoms with Crippen molar-refractivity contribution < 1.29 is 33.0 Å². The molecular weight excluding hydrogens is 281 g/mol. The summed E-state index contributed by atoms with van der Waals surface area (Å²) in [5, 5.41) is 19.6. The summed E-state index contributed by atoms with van der Waals surface area (Å²) in [6.07, 6.45) is -4.38. The largest absolute Gasteiger partial charge is 0.480 e. The molecule has 1 aliphatic heterocycles. The molecule has 20 heavy (non-hydrogen) atoms. The zero-order chi connectivity index (χ0) is 15.3. The van der Waals surface area contributed by atoms with E-state index in [1.54, 1.807) is 0 Å². The van der Waals surface area contributed by atoms with E-state index < -0.39 is 43.3 Å². The van der Waals surface area contributed by atoms with Crippen molar-refractivity contribution in [2.75, 3.05) is 19.7 Å². The highest BCUT2D eigenvalue weighted by Crippen LogP contribution is 2.33. The van der Waals surface area contributed by atoms with Gasteiger partial charge in [-0.15, -0.1) is 0 Å². The smallest absolute Gasteiger partial charge is 0.393 e. The molecule has 0 aromatic carbocycles. The molecule has 1 unspecified atom stereocenters. The van der Waals surface area contributed by atoms with Gasteiger partial charge in [-0.2, -0.15) is 13.2 Å². The Kier molecular flexibility index (Phi) is 5.61. The van der Waals surface area contributed by atoms with Gasteiger partial charge in [0.05, 0.1) is 5.92 Å². The number of hydrogen-bond donors (Lipinski definition) is 3. The van der Waals surface area contributed by atoms with E-state index in [0.717, 1.165) is 4.90 Å². The molecule has 1 aliphatic rings. The number of halogens is 3. The van der Waals surface area contributed by atoms with Crippen LogP contribution in [0.4, 0.5) is 18.0 Å². The summed E-state index contributed by atoms with van der Waals surface area (Å²) in [4.78, 5) is 23.5. The highest BCUT2D eigenvalue weighted by Gasteiger charge is 2.42. The third kappa shape index (κ3) is 4.55. The molecule has 0 bridgehead atoms. The van der Waals surface area contributed by atoms with Crippen LogP contribution >= 0.6 is 0 Å². The molecule has 0 aliphatic carbocycles. The quantitative estimate of drug-likeness (QED) is 0.716.